The van der Waals surface area contributed by atoms with Crippen LogP contribution in [0.25, 0.3) is 0 Å². The van der Waals surface area contributed by atoms with E-state index in [2.05, 4.69) is 15.9 Å². The van der Waals surface area contributed by atoms with Crippen LogP contribution in [0.5, 0.6) is 11.5 Å². The standard InChI is InChI=1S/C18H19BrN2O3/c1-23-14-8-3-11(9-15(14)24-2)10-21-17(16(20)18(21)22)12-4-6-13(19)7-5-12/h3-9,16-17H,10,20H2,1-2H3. The molecular weight excluding hydrogens is 372 g/mol. The molecule has 126 valence electrons. The van der Waals surface area contributed by atoms with Crippen LogP contribution in [-0.2, 0) is 11.3 Å². The molecule has 1 amide bonds. The van der Waals surface area contributed by atoms with Gasteiger partial charge in [0.05, 0.1) is 20.3 Å². The molecule has 1 fully saturated rings. The summed E-state index contributed by atoms with van der Waals surface area (Å²) in [5.74, 6) is 1.27. The van der Waals surface area contributed by atoms with Gasteiger partial charge in [-0.2, -0.15) is 0 Å². The summed E-state index contributed by atoms with van der Waals surface area (Å²) < 4.78 is 11.6. The molecule has 2 aromatic rings. The van der Waals surface area contributed by atoms with E-state index in [0.717, 1.165) is 15.6 Å². The fourth-order valence-electron chi connectivity index (χ4n) is 2.97. The summed E-state index contributed by atoms with van der Waals surface area (Å²) >= 11 is 3.42. The molecule has 6 heteroatoms. The molecule has 2 N–H and O–H groups in total. The summed E-state index contributed by atoms with van der Waals surface area (Å²) in [7, 11) is 3.19. The summed E-state index contributed by atoms with van der Waals surface area (Å²) in [6.07, 6.45) is 0. The van der Waals surface area contributed by atoms with Gasteiger partial charge < -0.3 is 20.1 Å². The highest BCUT2D eigenvalue weighted by atomic mass is 79.9. The molecule has 2 atom stereocenters. The van der Waals surface area contributed by atoms with E-state index in [1.54, 1.807) is 19.1 Å². The molecule has 3 rings (SSSR count). The average molecular weight is 391 g/mol. The van der Waals surface area contributed by atoms with Gasteiger partial charge in [-0.1, -0.05) is 34.1 Å². The third-order valence-electron chi connectivity index (χ3n) is 4.26. The third-order valence-corrected chi connectivity index (χ3v) is 4.79. The number of likely N-dealkylation sites (tertiary alicyclic amines) is 1. The topological polar surface area (TPSA) is 64.8 Å². The molecule has 2 aromatic carbocycles. The largest absolute Gasteiger partial charge is 0.493 e. The molecule has 0 aliphatic carbocycles. The number of hydrogen-bond donors (Lipinski definition) is 1. The van der Waals surface area contributed by atoms with E-state index in [1.165, 1.54) is 0 Å². The Bertz CT molecular complexity index is 748. The lowest BCUT2D eigenvalue weighted by Gasteiger charge is -2.45. The summed E-state index contributed by atoms with van der Waals surface area (Å²) in [5, 5.41) is 0. The van der Waals surface area contributed by atoms with Crippen LogP contribution in [0.2, 0.25) is 0 Å². The van der Waals surface area contributed by atoms with E-state index in [0.29, 0.717) is 18.0 Å². The van der Waals surface area contributed by atoms with Crippen molar-refractivity contribution in [3.05, 3.63) is 58.1 Å². The first-order valence-corrected chi connectivity index (χ1v) is 8.37. The van der Waals surface area contributed by atoms with Gasteiger partial charge in [0, 0.05) is 11.0 Å². The number of carbonyl (C=O) groups excluding carboxylic acids is 1. The molecule has 0 saturated carbocycles. The van der Waals surface area contributed by atoms with E-state index in [9.17, 15) is 4.79 Å². The first-order chi connectivity index (χ1) is 11.5. The summed E-state index contributed by atoms with van der Waals surface area (Å²) in [5.41, 5.74) is 8.04. The zero-order valence-corrected chi connectivity index (χ0v) is 15.1. The fourth-order valence-corrected chi connectivity index (χ4v) is 3.24. The Kier molecular flexibility index (Phi) is 4.78. The van der Waals surface area contributed by atoms with Crippen LogP contribution in [0.3, 0.4) is 0 Å². The number of nitrogens with two attached hydrogens (primary N) is 1. The second kappa shape index (κ2) is 6.83. The lowest BCUT2D eigenvalue weighted by Crippen LogP contribution is -2.62. The average Bonchev–Trinajstić information content (AvgIpc) is 2.62. The molecule has 0 spiro atoms. The number of hydrogen-bond acceptors (Lipinski definition) is 4. The lowest BCUT2D eigenvalue weighted by atomic mass is 9.88. The van der Waals surface area contributed by atoms with Crippen LogP contribution < -0.4 is 15.2 Å². The third kappa shape index (κ3) is 2.99. The van der Waals surface area contributed by atoms with Gasteiger partial charge in [0.2, 0.25) is 5.91 Å². The van der Waals surface area contributed by atoms with Crippen molar-refractivity contribution in [2.24, 2.45) is 5.73 Å². The van der Waals surface area contributed by atoms with Gasteiger partial charge in [0.15, 0.2) is 11.5 Å². The Labute approximate surface area is 149 Å². The van der Waals surface area contributed by atoms with Gasteiger partial charge >= 0.3 is 0 Å². The Morgan fingerprint density at radius 2 is 1.75 bits per heavy atom. The van der Waals surface area contributed by atoms with E-state index in [4.69, 9.17) is 15.2 Å². The number of methoxy groups -OCH3 is 2. The molecule has 1 aliphatic rings. The van der Waals surface area contributed by atoms with Crippen molar-refractivity contribution < 1.29 is 14.3 Å². The molecule has 24 heavy (non-hydrogen) atoms. The maximum atomic E-state index is 12.2. The van der Waals surface area contributed by atoms with Gasteiger partial charge in [0.1, 0.15) is 6.04 Å². The number of amides is 1. The SMILES string of the molecule is COc1ccc(CN2C(=O)C(N)C2c2ccc(Br)cc2)cc1OC. The first kappa shape index (κ1) is 16.8. The minimum absolute atomic E-state index is 0.0438. The number of ether oxygens (including phenoxy) is 2. The van der Waals surface area contributed by atoms with E-state index < -0.39 is 6.04 Å². The van der Waals surface area contributed by atoms with Crippen molar-refractivity contribution in [3.8, 4) is 11.5 Å². The molecule has 0 radical (unpaired) electrons. The Morgan fingerprint density at radius 1 is 1.08 bits per heavy atom. The van der Waals surface area contributed by atoms with Crippen molar-refractivity contribution in [1.82, 2.24) is 4.90 Å². The van der Waals surface area contributed by atoms with Crippen LogP contribution in [0.1, 0.15) is 17.2 Å². The van der Waals surface area contributed by atoms with Gasteiger partial charge in [-0.3, -0.25) is 4.79 Å². The Morgan fingerprint density at radius 3 is 2.38 bits per heavy atom. The van der Waals surface area contributed by atoms with E-state index >= 15 is 0 Å². The van der Waals surface area contributed by atoms with Gasteiger partial charge in [0.25, 0.3) is 0 Å². The summed E-state index contributed by atoms with van der Waals surface area (Å²) in [4.78, 5) is 14.0. The maximum Gasteiger partial charge on any atom is 0.242 e. The summed E-state index contributed by atoms with van der Waals surface area (Å²) in [6, 6.07) is 12.9. The molecule has 1 heterocycles. The molecule has 1 aliphatic heterocycles. The second-order valence-electron chi connectivity index (χ2n) is 5.68. The number of β-lactam (4-membered cyclic amide) rings is 1. The van der Waals surface area contributed by atoms with Crippen molar-refractivity contribution in [1.29, 1.82) is 0 Å². The zero-order valence-electron chi connectivity index (χ0n) is 13.5. The molecular formula is C18H19BrN2O3. The molecule has 0 bridgehead atoms. The highest BCUT2D eigenvalue weighted by Gasteiger charge is 2.45. The molecule has 0 aromatic heterocycles. The van der Waals surface area contributed by atoms with Crippen LogP contribution in [-0.4, -0.2) is 31.1 Å². The summed E-state index contributed by atoms with van der Waals surface area (Å²) in [6.45, 7) is 0.480. The van der Waals surface area contributed by atoms with Crippen molar-refractivity contribution in [2.45, 2.75) is 18.6 Å². The fraction of sp³-hybridized carbons (Fsp3) is 0.278. The highest BCUT2D eigenvalue weighted by molar-refractivity contribution is 9.10. The van der Waals surface area contributed by atoms with Crippen molar-refractivity contribution in [3.63, 3.8) is 0 Å². The van der Waals surface area contributed by atoms with E-state index in [1.807, 2.05) is 42.5 Å². The molecule has 5 nitrogen and oxygen atoms in total. The second-order valence-corrected chi connectivity index (χ2v) is 6.59. The lowest BCUT2D eigenvalue weighted by molar-refractivity contribution is -0.150. The van der Waals surface area contributed by atoms with Crippen molar-refractivity contribution >= 4 is 21.8 Å². The Hall–Kier alpha value is -2.05. The van der Waals surface area contributed by atoms with Gasteiger partial charge in [-0.15, -0.1) is 0 Å². The van der Waals surface area contributed by atoms with Crippen LogP contribution >= 0.6 is 15.9 Å². The number of halogens is 1. The number of nitrogens with zero attached hydrogens (tertiary/aromatic N) is 1. The number of benzene rings is 2. The van der Waals surface area contributed by atoms with Crippen LogP contribution in [0, 0.1) is 0 Å². The van der Waals surface area contributed by atoms with Gasteiger partial charge in [-0.25, -0.2) is 0 Å². The minimum Gasteiger partial charge on any atom is -0.493 e. The molecule has 2 unspecified atom stereocenters. The van der Waals surface area contributed by atoms with Crippen molar-refractivity contribution in [2.75, 3.05) is 14.2 Å². The minimum atomic E-state index is -0.494. The maximum absolute atomic E-state index is 12.2. The zero-order chi connectivity index (χ0) is 17.3. The predicted molar refractivity (Wildman–Crippen MR) is 95.0 cm³/mol. The quantitative estimate of drug-likeness (QED) is 0.797. The van der Waals surface area contributed by atoms with Gasteiger partial charge in [-0.05, 0) is 35.4 Å². The normalized spacial score (nSPS) is 19.8. The van der Waals surface area contributed by atoms with Crippen LogP contribution in [0.15, 0.2) is 46.9 Å². The monoisotopic (exact) mass is 390 g/mol. The number of carbonyl (C=O) groups is 1. The molecule has 1 saturated heterocycles. The Balaban J connectivity index is 1.83. The highest BCUT2D eigenvalue weighted by Crippen LogP contribution is 2.36. The smallest absolute Gasteiger partial charge is 0.242 e. The number of rotatable bonds is 5. The first-order valence-electron chi connectivity index (χ1n) is 7.57. The predicted octanol–water partition coefficient (Wildman–Crippen LogP) is 2.88. The van der Waals surface area contributed by atoms with E-state index in [-0.39, 0.29) is 11.9 Å². The van der Waals surface area contributed by atoms with Crippen LogP contribution in [0.4, 0.5) is 0 Å².